The van der Waals surface area contributed by atoms with Crippen molar-refractivity contribution in [1.82, 2.24) is 15.5 Å². The molecule has 7 heteroatoms. The second-order valence-corrected chi connectivity index (χ2v) is 10.8. The highest BCUT2D eigenvalue weighted by atomic mass is 32.1. The van der Waals surface area contributed by atoms with E-state index in [0.717, 1.165) is 37.1 Å². The van der Waals surface area contributed by atoms with E-state index in [9.17, 15) is 9.59 Å². The Morgan fingerprint density at radius 3 is 2.31 bits per heavy atom. The van der Waals surface area contributed by atoms with Crippen LogP contribution in [-0.4, -0.2) is 27.6 Å². The lowest BCUT2D eigenvalue weighted by Crippen LogP contribution is -2.65. The average Bonchev–Trinajstić information content (AvgIpc) is 2.92. The van der Waals surface area contributed by atoms with Gasteiger partial charge in [-0.05, 0) is 50.4 Å². The van der Waals surface area contributed by atoms with Crippen LogP contribution >= 0.6 is 11.3 Å². The highest BCUT2D eigenvalue weighted by Crippen LogP contribution is 2.61. The summed E-state index contributed by atoms with van der Waals surface area (Å²) < 4.78 is 0. The standard InChI is InChI=1S/C19H28N4O2S/c1-11(24)21-19-8-12-5-13(9-19)7-18(6-12,10-19)14(25)20-16-23-22-15(26-16)17(2,3)4/h12-13H,5-10H2,1-4H3,(H,21,24)(H,20,23,25). The van der Waals surface area contributed by atoms with Crippen LogP contribution in [0.2, 0.25) is 0 Å². The minimum absolute atomic E-state index is 0.0152. The number of nitrogens with zero attached hydrogens (tertiary/aromatic N) is 2. The molecule has 4 bridgehead atoms. The Morgan fingerprint density at radius 1 is 1.12 bits per heavy atom. The molecule has 5 rings (SSSR count). The molecule has 26 heavy (non-hydrogen) atoms. The summed E-state index contributed by atoms with van der Waals surface area (Å²) in [6, 6.07) is 0. The first-order valence-electron chi connectivity index (χ1n) is 9.53. The molecule has 2 amide bonds. The van der Waals surface area contributed by atoms with Crippen molar-refractivity contribution < 1.29 is 9.59 Å². The van der Waals surface area contributed by atoms with E-state index in [2.05, 4.69) is 41.6 Å². The van der Waals surface area contributed by atoms with Gasteiger partial charge in [0.05, 0.1) is 5.41 Å². The third-order valence-electron chi connectivity index (χ3n) is 6.27. The Kier molecular flexibility index (Phi) is 3.95. The fourth-order valence-corrected chi connectivity index (χ4v) is 6.65. The Balaban J connectivity index is 1.55. The summed E-state index contributed by atoms with van der Waals surface area (Å²) in [5.74, 6) is 1.15. The summed E-state index contributed by atoms with van der Waals surface area (Å²) in [5.41, 5.74) is -0.637. The molecule has 1 heterocycles. The van der Waals surface area contributed by atoms with Gasteiger partial charge in [-0.3, -0.25) is 9.59 Å². The van der Waals surface area contributed by atoms with Crippen LogP contribution in [0, 0.1) is 17.3 Å². The Hall–Kier alpha value is -1.50. The normalized spacial score (nSPS) is 35.4. The molecule has 0 saturated heterocycles. The molecule has 0 radical (unpaired) electrons. The number of rotatable bonds is 3. The minimum Gasteiger partial charge on any atom is -0.351 e. The fourth-order valence-electron chi connectivity index (χ4n) is 5.85. The van der Waals surface area contributed by atoms with Gasteiger partial charge in [-0.2, -0.15) is 0 Å². The molecular weight excluding hydrogens is 348 g/mol. The van der Waals surface area contributed by atoms with Crippen LogP contribution in [-0.2, 0) is 15.0 Å². The lowest BCUT2D eigenvalue weighted by Gasteiger charge is -2.61. The van der Waals surface area contributed by atoms with Crippen molar-refractivity contribution in [3.63, 3.8) is 0 Å². The van der Waals surface area contributed by atoms with E-state index in [4.69, 9.17) is 0 Å². The lowest BCUT2D eigenvalue weighted by molar-refractivity contribution is -0.148. The second-order valence-electron chi connectivity index (χ2n) is 9.82. The van der Waals surface area contributed by atoms with Crippen LogP contribution in [0.25, 0.3) is 0 Å². The largest absolute Gasteiger partial charge is 0.351 e. The van der Waals surface area contributed by atoms with Gasteiger partial charge in [0.25, 0.3) is 0 Å². The predicted molar refractivity (Wildman–Crippen MR) is 101 cm³/mol. The highest BCUT2D eigenvalue weighted by Gasteiger charge is 2.61. The maximum Gasteiger partial charge on any atom is 0.232 e. The molecule has 2 unspecified atom stereocenters. The zero-order chi connectivity index (χ0) is 18.7. The van der Waals surface area contributed by atoms with E-state index in [1.165, 1.54) is 17.8 Å². The smallest absolute Gasteiger partial charge is 0.232 e. The van der Waals surface area contributed by atoms with Crippen LogP contribution in [0.4, 0.5) is 5.13 Å². The van der Waals surface area contributed by atoms with Crippen molar-refractivity contribution in [3.8, 4) is 0 Å². The first kappa shape index (κ1) is 17.9. The number of amides is 2. The van der Waals surface area contributed by atoms with E-state index in [1.54, 1.807) is 6.92 Å². The molecule has 0 aliphatic heterocycles. The average molecular weight is 377 g/mol. The van der Waals surface area contributed by atoms with Crippen LogP contribution in [0.3, 0.4) is 0 Å². The summed E-state index contributed by atoms with van der Waals surface area (Å²) in [6.07, 6.45) is 5.85. The van der Waals surface area contributed by atoms with Gasteiger partial charge >= 0.3 is 0 Å². The fraction of sp³-hybridized carbons (Fsp3) is 0.789. The number of anilines is 1. The molecule has 0 spiro atoms. The van der Waals surface area contributed by atoms with Crippen molar-refractivity contribution >= 4 is 28.3 Å². The van der Waals surface area contributed by atoms with Crippen LogP contribution in [0.5, 0.6) is 0 Å². The minimum atomic E-state index is -0.375. The maximum atomic E-state index is 13.3. The van der Waals surface area contributed by atoms with Crippen molar-refractivity contribution in [1.29, 1.82) is 0 Å². The van der Waals surface area contributed by atoms with E-state index in [0.29, 0.717) is 17.0 Å². The first-order chi connectivity index (χ1) is 12.1. The third kappa shape index (κ3) is 3.04. The van der Waals surface area contributed by atoms with E-state index in [1.807, 2.05) is 0 Å². The summed E-state index contributed by atoms with van der Waals surface area (Å²) in [7, 11) is 0. The van der Waals surface area contributed by atoms with Gasteiger partial charge in [0.2, 0.25) is 16.9 Å². The van der Waals surface area contributed by atoms with E-state index in [-0.39, 0.29) is 28.2 Å². The lowest BCUT2D eigenvalue weighted by atomic mass is 9.46. The molecule has 4 aliphatic carbocycles. The molecule has 4 aliphatic rings. The summed E-state index contributed by atoms with van der Waals surface area (Å²) in [4.78, 5) is 25.0. The zero-order valence-corrected chi connectivity index (χ0v) is 16.8. The SMILES string of the molecule is CC(=O)NC12CC3CC(C1)CC(C(=O)Nc1nnc(C(C)(C)C)s1)(C3)C2. The molecule has 1 aromatic rings. The van der Waals surface area contributed by atoms with Crippen molar-refractivity contribution in [2.45, 2.75) is 77.2 Å². The molecule has 6 nitrogen and oxygen atoms in total. The highest BCUT2D eigenvalue weighted by molar-refractivity contribution is 7.15. The second kappa shape index (κ2) is 5.75. The first-order valence-corrected chi connectivity index (χ1v) is 10.4. The molecule has 0 aromatic carbocycles. The monoisotopic (exact) mass is 376 g/mol. The van der Waals surface area contributed by atoms with Crippen LogP contribution in [0.1, 0.15) is 71.2 Å². The maximum absolute atomic E-state index is 13.3. The third-order valence-corrected chi connectivity index (χ3v) is 7.54. The number of aromatic nitrogens is 2. The van der Waals surface area contributed by atoms with Gasteiger partial charge in [-0.15, -0.1) is 10.2 Å². The predicted octanol–water partition coefficient (Wildman–Crippen LogP) is 3.25. The molecular formula is C19H28N4O2S. The van der Waals surface area contributed by atoms with Gasteiger partial charge in [-0.1, -0.05) is 32.1 Å². The number of carbonyl (C=O) groups is 2. The number of nitrogens with one attached hydrogen (secondary N) is 2. The summed E-state index contributed by atoms with van der Waals surface area (Å²) >= 11 is 1.46. The molecule has 4 saturated carbocycles. The molecule has 1 aromatic heterocycles. The topological polar surface area (TPSA) is 84.0 Å². The van der Waals surface area contributed by atoms with Crippen molar-refractivity contribution in [2.75, 3.05) is 5.32 Å². The summed E-state index contributed by atoms with van der Waals surface area (Å²) in [6.45, 7) is 7.86. The molecule has 2 N–H and O–H groups in total. The quantitative estimate of drug-likeness (QED) is 0.848. The number of carbonyl (C=O) groups excluding carboxylic acids is 2. The number of hydrogen-bond acceptors (Lipinski definition) is 5. The molecule has 142 valence electrons. The molecule has 2 atom stereocenters. The molecule has 4 fully saturated rings. The number of hydrogen-bond donors (Lipinski definition) is 2. The Morgan fingerprint density at radius 2 is 1.77 bits per heavy atom. The van der Waals surface area contributed by atoms with Crippen molar-refractivity contribution in [3.05, 3.63) is 5.01 Å². The van der Waals surface area contributed by atoms with E-state index < -0.39 is 0 Å². The Labute approximate surface area is 158 Å². The van der Waals surface area contributed by atoms with Crippen LogP contribution < -0.4 is 10.6 Å². The van der Waals surface area contributed by atoms with Crippen LogP contribution in [0.15, 0.2) is 0 Å². The summed E-state index contributed by atoms with van der Waals surface area (Å²) in [5, 5.41) is 16.2. The Bertz CT molecular complexity index is 737. The van der Waals surface area contributed by atoms with Gasteiger partial charge in [0, 0.05) is 17.9 Å². The van der Waals surface area contributed by atoms with E-state index >= 15 is 0 Å². The zero-order valence-electron chi connectivity index (χ0n) is 16.0. The van der Waals surface area contributed by atoms with Gasteiger partial charge in [0.15, 0.2) is 0 Å². The van der Waals surface area contributed by atoms with Gasteiger partial charge in [0.1, 0.15) is 5.01 Å². The van der Waals surface area contributed by atoms with Gasteiger partial charge in [-0.25, -0.2) is 0 Å². The van der Waals surface area contributed by atoms with Crippen molar-refractivity contribution in [2.24, 2.45) is 17.3 Å². The van der Waals surface area contributed by atoms with Gasteiger partial charge < -0.3 is 10.6 Å².